The molecule has 0 aromatic heterocycles. The van der Waals surface area contributed by atoms with E-state index in [1.165, 1.54) is 12.2 Å². The largest absolute Gasteiger partial charge is 0.359 e. The molecule has 0 bridgehead atoms. The Morgan fingerprint density at radius 1 is 1.47 bits per heavy atom. The molecule has 1 aliphatic heterocycles. The van der Waals surface area contributed by atoms with Crippen molar-refractivity contribution in [2.45, 2.75) is 40.2 Å². The number of nitrogens with one attached hydrogen (secondary N) is 2. The lowest BCUT2D eigenvalue weighted by Gasteiger charge is -2.40. The van der Waals surface area contributed by atoms with Crippen molar-refractivity contribution in [1.29, 1.82) is 0 Å². The average Bonchev–Trinajstić information content (AvgIpc) is 2.25. The summed E-state index contributed by atoms with van der Waals surface area (Å²) in [4.78, 5) is 11.7. The third kappa shape index (κ3) is 3.88. The molecule has 1 fully saturated rings. The van der Waals surface area contributed by atoms with Crippen LogP contribution in [0, 0.1) is 10.8 Å². The molecule has 0 radical (unpaired) electrons. The summed E-state index contributed by atoms with van der Waals surface area (Å²) in [6.07, 6.45) is 1.25. The molecule has 1 amide bonds. The van der Waals surface area contributed by atoms with Gasteiger partial charge in [-0.3, -0.25) is 4.79 Å². The monoisotopic (exact) mass is 258 g/mol. The first-order valence-electron chi connectivity index (χ1n) is 6.33. The summed E-state index contributed by atoms with van der Waals surface area (Å²) in [6.45, 7) is 9.35. The fraction of sp³-hybridized carbons (Fsp3) is 0.923. The Hall–Kier alpha value is -0.220. The fourth-order valence-electron chi connectivity index (χ4n) is 2.07. The minimum absolute atomic E-state index is 0.103. The van der Waals surface area contributed by atoms with Crippen molar-refractivity contribution >= 4 is 17.7 Å². The molecule has 1 heterocycles. The van der Waals surface area contributed by atoms with Gasteiger partial charge in [0.05, 0.1) is 5.41 Å². The van der Waals surface area contributed by atoms with Crippen LogP contribution in [-0.4, -0.2) is 37.0 Å². The van der Waals surface area contributed by atoms with Crippen LogP contribution in [0.5, 0.6) is 0 Å². The lowest BCUT2D eigenvalue weighted by atomic mass is 9.81. The van der Waals surface area contributed by atoms with Crippen LogP contribution in [-0.2, 0) is 4.79 Å². The minimum atomic E-state index is -0.340. The average molecular weight is 258 g/mol. The number of thioether (sulfide) groups is 1. The number of carbonyl (C=O) groups excluding carboxylic acids is 1. The molecule has 17 heavy (non-hydrogen) atoms. The third-order valence-corrected chi connectivity index (χ3v) is 4.81. The molecule has 1 aliphatic rings. The van der Waals surface area contributed by atoms with Crippen LogP contribution in [0.25, 0.3) is 0 Å². The minimum Gasteiger partial charge on any atom is -0.359 e. The summed E-state index contributed by atoms with van der Waals surface area (Å²) >= 11 is 2.01. The fourth-order valence-corrected chi connectivity index (χ4v) is 3.71. The maximum atomic E-state index is 11.7. The van der Waals surface area contributed by atoms with Crippen LogP contribution in [0.15, 0.2) is 0 Å². The van der Waals surface area contributed by atoms with Gasteiger partial charge in [-0.15, -0.1) is 0 Å². The second-order valence-corrected chi connectivity index (χ2v) is 7.36. The summed E-state index contributed by atoms with van der Waals surface area (Å²) < 4.78 is 0. The Bertz CT molecular complexity index is 277. The standard InChI is InChI=1S/C13H26N2OS/c1-12(2)6-7-17-8-10(12)15-9-13(3,4)11(16)14-5/h10,15H,6-9H2,1-5H3,(H,14,16). The van der Waals surface area contributed by atoms with E-state index in [9.17, 15) is 4.79 Å². The van der Waals surface area contributed by atoms with E-state index in [0.717, 1.165) is 12.3 Å². The maximum absolute atomic E-state index is 11.7. The van der Waals surface area contributed by atoms with Gasteiger partial charge in [-0.1, -0.05) is 13.8 Å². The van der Waals surface area contributed by atoms with Gasteiger partial charge in [-0.25, -0.2) is 0 Å². The molecule has 0 saturated carbocycles. The molecule has 3 nitrogen and oxygen atoms in total. The van der Waals surface area contributed by atoms with Gasteiger partial charge in [-0.05, 0) is 31.4 Å². The van der Waals surface area contributed by atoms with Gasteiger partial charge in [0.15, 0.2) is 0 Å². The van der Waals surface area contributed by atoms with E-state index in [1.807, 2.05) is 25.6 Å². The molecule has 2 N–H and O–H groups in total. The molecule has 1 atom stereocenters. The van der Waals surface area contributed by atoms with E-state index in [2.05, 4.69) is 24.5 Å². The van der Waals surface area contributed by atoms with Crippen molar-refractivity contribution in [3.8, 4) is 0 Å². The highest BCUT2D eigenvalue weighted by Crippen LogP contribution is 2.34. The van der Waals surface area contributed by atoms with Gasteiger partial charge in [0.2, 0.25) is 5.91 Å². The molecule has 0 aliphatic carbocycles. The smallest absolute Gasteiger partial charge is 0.226 e. The molecular weight excluding hydrogens is 232 g/mol. The van der Waals surface area contributed by atoms with Crippen LogP contribution >= 0.6 is 11.8 Å². The van der Waals surface area contributed by atoms with Gasteiger partial charge in [0, 0.05) is 25.4 Å². The van der Waals surface area contributed by atoms with Gasteiger partial charge < -0.3 is 10.6 Å². The number of carbonyl (C=O) groups is 1. The van der Waals surface area contributed by atoms with Crippen LogP contribution in [0.2, 0.25) is 0 Å². The van der Waals surface area contributed by atoms with Crippen molar-refractivity contribution in [3.63, 3.8) is 0 Å². The predicted molar refractivity (Wildman–Crippen MR) is 75.4 cm³/mol. The number of hydrogen-bond acceptors (Lipinski definition) is 3. The predicted octanol–water partition coefficient (Wildman–Crippen LogP) is 1.88. The highest BCUT2D eigenvalue weighted by Gasteiger charge is 2.34. The van der Waals surface area contributed by atoms with E-state index in [4.69, 9.17) is 0 Å². The zero-order chi connectivity index (χ0) is 13.1. The Labute approximate surface area is 109 Å². The maximum Gasteiger partial charge on any atom is 0.226 e. The van der Waals surface area contributed by atoms with Crippen molar-refractivity contribution in [1.82, 2.24) is 10.6 Å². The lowest BCUT2D eigenvalue weighted by molar-refractivity contribution is -0.128. The molecular formula is C13H26N2OS. The summed E-state index contributed by atoms with van der Waals surface area (Å²) in [5.74, 6) is 2.51. The molecule has 0 spiro atoms. The van der Waals surface area contributed by atoms with Crippen molar-refractivity contribution in [3.05, 3.63) is 0 Å². The topological polar surface area (TPSA) is 41.1 Å². The summed E-state index contributed by atoms with van der Waals surface area (Å²) in [5.41, 5.74) is -0.00301. The third-order valence-electron chi connectivity index (χ3n) is 3.75. The molecule has 0 aromatic rings. The molecule has 0 aromatic carbocycles. The highest BCUT2D eigenvalue weighted by molar-refractivity contribution is 7.99. The summed E-state index contributed by atoms with van der Waals surface area (Å²) in [6, 6.07) is 0.505. The van der Waals surface area contributed by atoms with Crippen LogP contribution in [0.4, 0.5) is 0 Å². The Morgan fingerprint density at radius 2 is 2.12 bits per heavy atom. The normalized spacial score (nSPS) is 24.4. The van der Waals surface area contributed by atoms with Crippen LogP contribution in [0.3, 0.4) is 0 Å². The molecule has 1 unspecified atom stereocenters. The Balaban J connectivity index is 2.52. The van der Waals surface area contributed by atoms with Crippen LogP contribution < -0.4 is 10.6 Å². The zero-order valence-electron chi connectivity index (χ0n) is 11.7. The van der Waals surface area contributed by atoms with E-state index in [-0.39, 0.29) is 11.3 Å². The quantitative estimate of drug-likeness (QED) is 0.809. The van der Waals surface area contributed by atoms with Gasteiger partial charge in [0.1, 0.15) is 0 Å². The lowest BCUT2D eigenvalue weighted by Crippen LogP contribution is -2.51. The Morgan fingerprint density at radius 3 is 2.65 bits per heavy atom. The second-order valence-electron chi connectivity index (χ2n) is 6.21. The van der Waals surface area contributed by atoms with Crippen molar-refractivity contribution < 1.29 is 4.79 Å². The van der Waals surface area contributed by atoms with E-state index in [0.29, 0.717) is 11.5 Å². The first-order chi connectivity index (χ1) is 7.79. The Kier molecular flexibility index (Phi) is 4.90. The SMILES string of the molecule is CNC(=O)C(C)(C)CNC1CSCCC1(C)C. The molecule has 1 rings (SSSR count). The van der Waals surface area contributed by atoms with E-state index >= 15 is 0 Å². The second kappa shape index (κ2) is 5.61. The number of rotatable bonds is 4. The summed E-state index contributed by atoms with van der Waals surface area (Å²) in [7, 11) is 1.70. The first kappa shape index (κ1) is 14.8. The zero-order valence-corrected chi connectivity index (χ0v) is 12.5. The molecule has 1 saturated heterocycles. The highest BCUT2D eigenvalue weighted by atomic mass is 32.2. The van der Waals surface area contributed by atoms with Gasteiger partial charge >= 0.3 is 0 Å². The number of amides is 1. The first-order valence-corrected chi connectivity index (χ1v) is 7.48. The summed E-state index contributed by atoms with van der Waals surface area (Å²) in [5, 5.41) is 6.32. The van der Waals surface area contributed by atoms with Crippen molar-refractivity contribution in [2.75, 3.05) is 25.1 Å². The van der Waals surface area contributed by atoms with E-state index < -0.39 is 0 Å². The van der Waals surface area contributed by atoms with Gasteiger partial charge in [0.25, 0.3) is 0 Å². The molecule has 4 heteroatoms. The van der Waals surface area contributed by atoms with E-state index in [1.54, 1.807) is 7.05 Å². The molecule has 100 valence electrons. The number of hydrogen-bond donors (Lipinski definition) is 2. The van der Waals surface area contributed by atoms with Crippen LogP contribution in [0.1, 0.15) is 34.1 Å². The van der Waals surface area contributed by atoms with Crippen molar-refractivity contribution in [2.24, 2.45) is 10.8 Å². The van der Waals surface area contributed by atoms with Gasteiger partial charge in [-0.2, -0.15) is 11.8 Å².